The zero-order chi connectivity index (χ0) is 16.0. The van der Waals surface area contributed by atoms with Gasteiger partial charge >= 0.3 is 12.1 Å². The van der Waals surface area contributed by atoms with Gasteiger partial charge in [-0.25, -0.2) is 0 Å². The molecule has 0 heterocycles. The van der Waals surface area contributed by atoms with Crippen LogP contribution in [0, 0.1) is 11.8 Å². The van der Waals surface area contributed by atoms with Gasteiger partial charge < -0.3 is 9.64 Å². The second-order valence-corrected chi connectivity index (χ2v) is 5.48. The number of methoxy groups -OCH3 is 1. The van der Waals surface area contributed by atoms with E-state index in [0.717, 1.165) is 0 Å². The van der Waals surface area contributed by atoms with Crippen LogP contribution in [0.1, 0.15) is 38.5 Å². The molecule has 0 aromatic rings. The van der Waals surface area contributed by atoms with E-state index in [0.29, 0.717) is 19.3 Å². The van der Waals surface area contributed by atoms with Crippen molar-refractivity contribution in [1.82, 2.24) is 4.90 Å². The average Bonchev–Trinajstić information content (AvgIpc) is 2.45. The quantitative estimate of drug-likeness (QED) is 0.734. The molecule has 0 aliphatic heterocycles. The second kappa shape index (κ2) is 7.66. The Morgan fingerprint density at radius 3 is 2.43 bits per heavy atom. The monoisotopic (exact) mass is 309 g/mol. The molecule has 2 unspecified atom stereocenters. The number of amides is 1. The van der Waals surface area contributed by atoms with Gasteiger partial charge in [0.15, 0.2) is 0 Å². The Hall–Kier alpha value is -1.27. The lowest BCUT2D eigenvalue weighted by molar-refractivity contribution is -0.200. The molecule has 0 bridgehead atoms. The van der Waals surface area contributed by atoms with Gasteiger partial charge in [0.25, 0.3) is 0 Å². The molecule has 0 saturated heterocycles. The number of esters is 1. The Morgan fingerprint density at radius 1 is 1.24 bits per heavy atom. The maximum Gasteiger partial charge on any atom is 0.392 e. The zero-order valence-electron chi connectivity index (χ0n) is 12.4. The van der Waals surface area contributed by atoms with E-state index < -0.39 is 23.9 Å². The number of carbonyl (C=O) groups is 2. The van der Waals surface area contributed by atoms with Crippen molar-refractivity contribution in [2.75, 3.05) is 20.7 Å². The summed E-state index contributed by atoms with van der Waals surface area (Å²) in [7, 11) is 2.76. The van der Waals surface area contributed by atoms with E-state index in [1.165, 1.54) is 19.1 Å². The molecule has 122 valence electrons. The van der Waals surface area contributed by atoms with Crippen LogP contribution in [0.5, 0.6) is 0 Å². The maximum atomic E-state index is 13.0. The third-order valence-corrected chi connectivity index (χ3v) is 3.98. The smallest absolute Gasteiger partial charge is 0.392 e. The van der Waals surface area contributed by atoms with Crippen molar-refractivity contribution in [2.24, 2.45) is 11.8 Å². The van der Waals surface area contributed by atoms with Crippen molar-refractivity contribution < 1.29 is 27.5 Å². The molecule has 1 aliphatic carbocycles. The molecule has 1 saturated carbocycles. The van der Waals surface area contributed by atoms with Crippen LogP contribution in [0.4, 0.5) is 13.2 Å². The first-order chi connectivity index (χ1) is 9.77. The third kappa shape index (κ3) is 5.21. The van der Waals surface area contributed by atoms with Gasteiger partial charge in [-0.05, 0) is 19.3 Å². The summed E-state index contributed by atoms with van der Waals surface area (Å²) in [6, 6.07) is 0. The Kier molecular flexibility index (Phi) is 6.48. The second-order valence-electron chi connectivity index (χ2n) is 5.48. The predicted molar refractivity (Wildman–Crippen MR) is 70.4 cm³/mol. The average molecular weight is 309 g/mol. The third-order valence-electron chi connectivity index (χ3n) is 3.98. The van der Waals surface area contributed by atoms with E-state index in [9.17, 15) is 22.8 Å². The molecule has 1 rings (SSSR count). The van der Waals surface area contributed by atoms with Crippen molar-refractivity contribution in [3.63, 3.8) is 0 Å². The van der Waals surface area contributed by atoms with Crippen LogP contribution in [0.25, 0.3) is 0 Å². The highest BCUT2D eigenvalue weighted by Gasteiger charge is 2.48. The Labute approximate surface area is 122 Å². The highest BCUT2D eigenvalue weighted by Crippen LogP contribution is 2.42. The highest BCUT2D eigenvalue weighted by atomic mass is 19.4. The Balaban J connectivity index is 2.56. The molecule has 21 heavy (non-hydrogen) atoms. The summed E-state index contributed by atoms with van der Waals surface area (Å²) in [6.07, 6.45) is -2.31. The first-order valence-corrected chi connectivity index (χ1v) is 7.16. The number of ether oxygens (including phenoxy) is 1. The largest absolute Gasteiger partial charge is 0.469 e. The zero-order valence-corrected chi connectivity index (χ0v) is 12.4. The standard InChI is InChI=1S/C14H22F3NO3/c1-18(9-5-8-12(19)21-2)13(20)10-6-3-4-7-11(10)14(15,16)17/h10-11H,3-9H2,1-2H3. The number of hydrogen-bond acceptors (Lipinski definition) is 3. The first kappa shape index (κ1) is 17.8. The van der Waals surface area contributed by atoms with E-state index in [-0.39, 0.29) is 31.8 Å². The molecule has 7 heteroatoms. The summed E-state index contributed by atoms with van der Waals surface area (Å²) in [5.74, 6) is -3.38. The molecule has 4 nitrogen and oxygen atoms in total. The summed E-state index contributed by atoms with van der Waals surface area (Å²) >= 11 is 0. The van der Waals surface area contributed by atoms with Gasteiger partial charge in [0.1, 0.15) is 0 Å². The van der Waals surface area contributed by atoms with E-state index in [1.807, 2.05) is 0 Å². The topological polar surface area (TPSA) is 46.6 Å². The normalized spacial score (nSPS) is 22.7. The Morgan fingerprint density at radius 2 is 1.86 bits per heavy atom. The van der Waals surface area contributed by atoms with E-state index in [2.05, 4.69) is 4.74 Å². The number of carbonyl (C=O) groups excluding carboxylic acids is 2. The number of alkyl halides is 3. The van der Waals surface area contributed by atoms with Crippen LogP contribution < -0.4 is 0 Å². The molecule has 0 spiro atoms. The minimum Gasteiger partial charge on any atom is -0.469 e. The van der Waals surface area contributed by atoms with Crippen molar-refractivity contribution in [1.29, 1.82) is 0 Å². The molecular formula is C14H22F3NO3. The highest BCUT2D eigenvalue weighted by molar-refractivity contribution is 5.79. The van der Waals surface area contributed by atoms with Crippen molar-refractivity contribution in [3.8, 4) is 0 Å². The number of halogens is 3. The number of nitrogens with zero attached hydrogens (tertiary/aromatic N) is 1. The molecule has 0 aromatic heterocycles. The van der Waals surface area contributed by atoms with Crippen LogP contribution >= 0.6 is 0 Å². The lowest BCUT2D eigenvalue weighted by Crippen LogP contribution is -2.43. The van der Waals surface area contributed by atoms with Crippen LogP contribution in [-0.4, -0.2) is 43.7 Å². The van der Waals surface area contributed by atoms with Gasteiger partial charge in [-0.1, -0.05) is 12.8 Å². The summed E-state index contributed by atoms with van der Waals surface area (Å²) in [5, 5.41) is 0. The fourth-order valence-electron chi connectivity index (χ4n) is 2.77. The fourth-order valence-corrected chi connectivity index (χ4v) is 2.77. The molecule has 0 radical (unpaired) electrons. The number of rotatable bonds is 5. The van der Waals surface area contributed by atoms with E-state index >= 15 is 0 Å². The summed E-state index contributed by atoms with van der Waals surface area (Å²) < 4.78 is 43.4. The van der Waals surface area contributed by atoms with E-state index in [4.69, 9.17) is 0 Å². The SMILES string of the molecule is COC(=O)CCCN(C)C(=O)C1CCCCC1C(F)(F)F. The van der Waals surface area contributed by atoms with Crippen molar-refractivity contribution in [2.45, 2.75) is 44.7 Å². The van der Waals surface area contributed by atoms with Crippen LogP contribution in [-0.2, 0) is 14.3 Å². The molecule has 1 aliphatic rings. The number of hydrogen-bond donors (Lipinski definition) is 0. The molecular weight excluding hydrogens is 287 g/mol. The van der Waals surface area contributed by atoms with Gasteiger partial charge in [0.2, 0.25) is 5.91 Å². The lowest BCUT2D eigenvalue weighted by atomic mass is 9.78. The van der Waals surface area contributed by atoms with Gasteiger partial charge in [-0.2, -0.15) is 13.2 Å². The fraction of sp³-hybridized carbons (Fsp3) is 0.857. The summed E-state index contributed by atoms with van der Waals surface area (Å²) in [6.45, 7) is 0.259. The van der Waals surface area contributed by atoms with E-state index in [1.54, 1.807) is 0 Å². The van der Waals surface area contributed by atoms with Gasteiger partial charge in [-0.3, -0.25) is 9.59 Å². The van der Waals surface area contributed by atoms with Gasteiger partial charge in [0.05, 0.1) is 13.0 Å². The van der Waals surface area contributed by atoms with Gasteiger partial charge in [0, 0.05) is 25.9 Å². The first-order valence-electron chi connectivity index (χ1n) is 7.16. The molecule has 0 aromatic carbocycles. The van der Waals surface area contributed by atoms with Gasteiger partial charge in [-0.15, -0.1) is 0 Å². The minimum absolute atomic E-state index is 0.0237. The molecule has 0 N–H and O–H groups in total. The van der Waals surface area contributed by atoms with Crippen LogP contribution in [0.3, 0.4) is 0 Å². The minimum atomic E-state index is -4.33. The molecule has 2 atom stereocenters. The molecule has 1 fully saturated rings. The van der Waals surface area contributed by atoms with Crippen molar-refractivity contribution >= 4 is 11.9 Å². The lowest BCUT2D eigenvalue weighted by Gasteiger charge is -2.34. The predicted octanol–water partition coefficient (Wildman–Crippen LogP) is 2.77. The van der Waals surface area contributed by atoms with Crippen LogP contribution in [0.2, 0.25) is 0 Å². The summed E-state index contributed by atoms with van der Waals surface area (Å²) in [5.41, 5.74) is 0. The Bertz CT molecular complexity index is 371. The maximum absolute atomic E-state index is 13.0. The summed E-state index contributed by atoms with van der Waals surface area (Å²) in [4.78, 5) is 24.5. The molecule has 1 amide bonds. The van der Waals surface area contributed by atoms with Crippen molar-refractivity contribution in [3.05, 3.63) is 0 Å². The van der Waals surface area contributed by atoms with Crippen LogP contribution in [0.15, 0.2) is 0 Å².